The lowest BCUT2D eigenvalue weighted by Crippen LogP contribution is -2.13. The minimum Gasteiger partial charge on any atom is -0.307 e. The molecule has 0 aliphatic heterocycles. The van der Waals surface area contributed by atoms with Crippen LogP contribution in [0.25, 0.3) is 111 Å². The second kappa shape index (κ2) is 21.2. The molecule has 0 aliphatic rings. The van der Waals surface area contributed by atoms with Crippen molar-refractivity contribution < 1.29 is 26.3 Å². The largest absolute Gasteiger partial charge is 0.417 e. The van der Waals surface area contributed by atoms with Crippen LogP contribution in [0.3, 0.4) is 0 Å². The van der Waals surface area contributed by atoms with Gasteiger partial charge in [0.25, 0.3) is 0 Å². The third kappa shape index (κ3) is 9.21. The Labute approximate surface area is 495 Å². The molecule has 0 atom stereocenters. The molecule has 0 aliphatic carbocycles. The molecule has 410 valence electrons. The van der Waals surface area contributed by atoms with Crippen LogP contribution in [0.1, 0.15) is 61.2 Å². The first-order valence-corrected chi connectivity index (χ1v) is 26.3. The average molecular weight is 1150 g/mol. The first kappa shape index (κ1) is 55.3. The van der Waals surface area contributed by atoms with E-state index in [9.17, 15) is 60.5 Å². The summed E-state index contributed by atoms with van der Waals surface area (Å²) in [6.45, 7) is 0. The van der Waals surface area contributed by atoms with Crippen LogP contribution in [-0.2, 0) is 12.4 Å². The zero-order valence-electron chi connectivity index (χ0n) is 44.9. The van der Waals surface area contributed by atoms with E-state index in [2.05, 4.69) is 24.3 Å². The van der Waals surface area contributed by atoms with Crippen molar-refractivity contribution in [2.45, 2.75) is 12.4 Å². The highest BCUT2D eigenvalue weighted by Gasteiger charge is 2.39. The standard InChI is InChI=1S/C71H29F6N11/c72-70(73,74)52-9-14-57(63(28-52)71(75,76)77)58-29-69(88-66-17-7-45(55-12-3-41(32-80)21-49(55)36-84)25-61(66)62-26-46(8-18-67(62)88)56-13-4-42(33-81)22-50(56)37-85)68(27-51(58)38-86)87-64-15-5-43(53-10-1-39(30-78)19-47(53)34-82)23-59(64)60-24-44(6-16-65(60)87)54-11-2-40(31-79)20-48(54)35-83/h1-29H. The molecule has 17 heteroatoms. The van der Waals surface area contributed by atoms with Gasteiger partial charge in [-0.25, -0.2) is 0 Å². The second-order valence-electron chi connectivity index (χ2n) is 20.3. The number of hydrogen-bond acceptors (Lipinski definition) is 9. The smallest absolute Gasteiger partial charge is 0.307 e. The molecule has 0 bridgehead atoms. The Morgan fingerprint density at radius 3 is 0.841 bits per heavy atom. The first-order chi connectivity index (χ1) is 42.4. The van der Waals surface area contributed by atoms with Gasteiger partial charge in [0.05, 0.1) is 149 Å². The maximum Gasteiger partial charge on any atom is 0.417 e. The first-order valence-electron chi connectivity index (χ1n) is 26.3. The minimum atomic E-state index is -5.38. The molecule has 12 aromatic rings. The number of hydrogen-bond donors (Lipinski definition) is 0. The van der Waals surface area contributed by atoms with E-state index in [0.29, 0.717) is 100 Å². The van der Waals surface area contributed by atoms with Gasteiger partial charge in [-0.1, -0.05) is 54.6 Å². The van der Waals surface area contributed by atoms with E-state index >= 15 is 13.2 Å². The number of rotatable bonds is 7. The average Bonchev–Trinajstić information content (AvgIpc) is 1.63. The van der Waals surface area contributed by atoms with Crippen molar-refractivity contribution in [3.05, 3.63) is 237 Å². The number of halogens is 6. The second-order valence-corrected chi connectivity index (χ2v) is 20.3. The summed E-state index contributed by atoms with van der Waals surface area (Å²) < 4.78 is 92.7. The maximum atomic E-state index is 15.4. The molecule has 0 spiro atoms. The third-order valence-corrected chi connectivity index (χ3v) is 15.5. The van der Waals surface area contributed by atoms with Crippen molar-refractivity contribution >= 4 is 43.6 Å². The molecule has 0 saturated heterocycles. The van der Waals surface area contributed by atoms with Gasteiger partial charge in [-0.2, -0.15) is 73.7 Å². The quantitative estimate of drug-likeness (QED) is 0.138. The van der Waals surface area contributed by atoms with E-state index in [1.807, 2.05) is 42.5 Å². The summed E-state index contributed by atoms with van der Waals surface area (Å²) >= 11 is 0. The molecule has 12 rings (SSSR count). The topological polar surface area (TPSA) is 224 Å². The Balaban J connectivity index is 1.24. The van der Waals surface area contributed by atoms with Crippen LogP contribution in [0.2, 0.25) is 0 Å². The van der Waals surface area contributed by atoms with Crippen molar-refractivity contribution in [3.8, 4) is 122 Å². The van der Waals surface area contributed by atoms with Gasteiger partial charge in [0.15, 0.2) is 0 Å². The molecule has 0 N–H and O–H groups in total. The number of benzene rings is 10. The van der Waals surface area contributed by atoms with E-state index < -0.39 is 34.6 Å². The van der Waals surface area contributed by atoms with Crippen molar-refractivity contribution in [3.63, 3.8) is 0 Å². The number of alkyl halides is 6. The van der Waals surface area contributed by atoms with Crippen LogP contribution >= 0.6 is 0 Å². The monoisotopic (exact) mass is 1150 g/mol. The lowest BCUT2D eigenvalue weighted by atomic mass is 9.92. The molecule has 11 nitrogen and oxygen atoms in total. The predicted molar refractivity (Wildman–Crippen MR) is 315 cm³/mol. The van der Waals surface area contributed by atoms with Gasteiger partial charge in [-0.05, 0) is 171 Å². The molecule has 0 radical (unpaired) electrons. The highest BCUT2D eigenvalue weighted by atomic mass is 19.4. The van der Waals surface area contributed by atoms with E-state index in [0.717, 1.165) is 0 Å². The lowest BCUT2D eigenvalue weighted by Gasteiger charge is -2.21. The minimum absolute atomic E-state index is 0.00416. The number of nitriles is 9. The molecule has 88 heavy (non-hydrogen) atoms. The van der Waals surface area contributed by atoms with Gasteiger partial charge < -0.3 is 9.13 Å². The van der Waals surface area contributed by atoms with Crippen molar-refractivity contribution in [2.24, 2.45) is 0 Å². The number of fused-ring (bicyclic) bond motifs is 6. The Bertz CT molecular complexity index is 5240. The Kier molecular flexibility index (Phi) is 13.3. The van der Waals surface area contributed by atoms with Gasteiger partial charge in [-0.3, -0.25) is 0 Å². The van der Waals surface area contributed by atoms with Crippen LogP contribution in [0.15, 0.2) is 176 Å². The van der Waals surface area contributed by atoms with Crippen LogP contribution in [0, 0.1) is 102 Å². The van der Waals surface area contributed by atoms with Crippen LogP contribution in [0.4, 0.5) is 26.3 Å². The van der Waals surface area contributed by atoms with Gasteiger partial charge in [0.2, 0.25) is 0 Å². The summed E-state index contributed by atoms with van der Waals surface area (Å²) in [5.41, 5.74) is 2.66. The molecular weight excluding hydrogens is 1120 g/mol. The molecule has 0 saturated carbocycles. The zero-order valence-corrected chi connectivity index (χ0v) is 44.9. The Morgan fingerprint density at radius 2 is 0.557 bits per heavy atom. The maximum absolute atomic E-state index is 15.4. The normalized spacial score (nSPS) is 11.2. The summed E-state index contributed by atoms with van der Waals surface area (Å²) in [5, 5.41) is 93.6. The Morgan fingerprint density at radius 1 is 0.261 bits per heavy atom. The number of aromatic nitrogens is 2. The zero-order chi connectivity index (χ0) is 61.9. The fourth-order valence-electron chi connectivity index (χ4n) is 11.5. The van der Waals surface area contributed by atoms with Gasteiger partial charge in [0, 0.05) is 27.1 Å². The molecule has 0 fully saturated rings. The molecular formula is C71H29F6N11. The number of nitrogens with zero attached hydrogens (tertiary/aromatic N) is 11. The summed E-state index contributed by atoms with van der Waals surface area (Å²) in [7, 11) is 0. The SMILES string of the molecule is N#Cc1ccc(-c2ccc3c(c2)c2cc(-c4ccc(C#N)cc4C#N)ccc2n3-c2cc(C#N)c(-c3ccc(C(F)(F)F)cc3C(F)(F)F)cc2-n2c3ccc(-c4ccc(C#N)cc4C#N)cc3c3cc(-c4ccc(C#N)cc4C#N)ccc32)c(C#N)c1. The van der Waals surface area contributed by atoms with E-state index in [1.54, 1.807) is 118 Å². The van der Waals surface area contributed by atoms with E-state index in [1.165, 1.54) is 36.4 Å². The summed E-state index contributed by atoms with van der Waals surface area (Å²) in [5.74, 6) is 0. The van der Waals surface area contributed by atoms with Crippen molar-refractivity contribution in [1.82, 2.24) is 9.13 Å². The lowest BCUT2D eigenvalue weighted by molar-refractivity contribution is -0.142. The van der Waals surface area contributed by atoms with E-state index in [4.69, 9.17) is 0 Å². The fourth-order valence-corrected chi connectivity index (χ4v) is 11.5. The molecule has 0 unspecified atom stereocenters. The highest BCUT2D eigenvalue weighted by Crippen LogP contribution is 2.47. The fraction of sp³-hybridized carbons (Fsp3) is 0.0282. The molecule has 2 heterocycles. The predicted octanol–water partition coefficient (Wildman–Crippen LogP) is 17.1. The van der Waals surface area contributed by atoms with E-state index in [-0.39, 0.29) is 67.5 Å². The summed E-state index contributed by atoms with van der Waals surface area (Å²) in [6.07, 6.45) is -10.6. The molecule has 2 aromatic heterocycles. The van der Waals surface area contributed by atoms with Crippen LogP contribution < -0.4 is 0 Å². The van der Waals surface area contributed by atoms with Crippen LogP contribution in [0.5, 0.6) is 0 Å². The third-order valence-electron chi connectivity index (χ3n) is 15.5. The van der Waals surface area contributed by atoms with Gasteiger partial charge >= 0.3 is 12.4 Å². The molecule has 0 amide bonds. The van der Waals surface area contributed by atoms with Gasteiger partial charge in [0.1, 0.15) is 0 Å². The van der Waals surface area contributed by atoms with Crippen molar-refractivity contribution in [1.29, 1.82) is 47.4 Å². The summed E-state index contributed by atoms with van der Waals surface area (Å²) in [6, 6.07) is 62.3. The van der Waals surface area contributed by atoms with Gasteiger partial charge in [-0.15, -0.1) is 0 Å². The highest BCUT2D eigenvalue weighted by molar-refractivity contribution is 6.14. The Hall–Kier alpha value is -13.2. The summed E-state index contributed by atoms with van der Waals surface area (Å²) in [4.78, 5) is 0. The van der Waals surface area contributed by atoms with Crippen molar-refractivity contribution in [2.75, 3.05) is 0 Å². The van der Waals surface area contributed by atoms with Crippen LogP contribution in [-0.4, -0.2) is 9.13 Å². The molecule has 10 aromatic carbocycles.